The number of halogens is 1. The van der Waals surface area contributed by atoms with Crippen LogP contribution in [-0.2, 0) is 38.8 Å². The van der Waals surface area contributed by atoms with Gasteiger partial charge in [-0.1, -0.05) is 91.0 Å². The van der Waals surface area contributed by atoms with E-state index in [4.69, 9.17) is 18.9 Å². The van der Waals surface area contributed by atoms with Gasteiger partial charge in [-0.05, 0) is 39.3 Å². The smallest absolute Gasteiger partial charge is 0.150 e. The SMILES string of the molecule is IC1=CO[C@H](COCc2ccccc2)[C@H](OCc2ccccc2)[C@@H]1OCc1ccccc1. The monoisotopic (exact) mass is 542 g/mol. The van der Waals surface area contributed by atoms with Crippen LogP contribution in [0.15, 0.2) is 101 Å². The predicted octanol–water partition coefficient (Wildman–Crippen LogP) is 6.05. The quantitative estimate of drug-likeness (QED) is 0.293. The van der Waals surface area contributed by atoms with Crippen LogP contribution >= 0.6 is 22.6 Å². The number of ether oxygens (including phenoxy) is 4. The summed E-state index contributed by atoms with van der Waals surface area (Å²) in [5.74, 6) is 0. The molecule has 0 aromatic heterocycles. The third-order valence-electron chi connectivity index (χ3n) is 5.24. The maximum atomic E-state index is 6.38. The number of benzene rings is 3. The lowest BCUT2D eigenvalue weighted by Crippen LogP contribution is -2.47. The van der Waals surface area contributed by atoms with Crippen LogP contribution in [0.2, 0.25) is 0 Å². The Hall–Kier alpha value is -2.19. The summed E-state index contributed by atoms with van der Waals surface area (Å²) < 4.78 is 25.7. The number of rotatable bonds is 10. The summed E-state index contributed by atoms with van der Waals surface area (Å²) in [4.78, 5) is 0. The molecular weight excluding hydrogens is 515 g/mol. The van der Waals surface area contributed by atoms with Crippen LogP contribution in [0.3, 0.4) is 0 Å². The Labute approximate surface area is 203 Å². The van der Waals surface area contributed by atoms with Gasteiger partial charge in [0.15, 0.2) is 6.10 Å². The van der Waals surface area contributed by atoms with Gasteiger partial charge in [0.2, 0.25) is 0 Å². The summed E-state index contributed by atoms with van der Waals surface area (Å²) in [6.07, 6.45) is 1.00. The van der Waals surface area contributed by atoms with Gasteiger partial charge in [0, 0.05) is 0 Å². The van der Waals surface area contributed by atoms with Crippen molar-refractivity contribution in [3.05, 3.63) is 118 Å². The predicted molar refractivity (Wildman–Crippen MR) is 133 cm³/mol. The van der Waals surface area contributed by atoms with Gasteiger partial charge in [-0.15, -0.1) is 0 Å². The average Bonchev–Trinajstić information content (AvgIpc) is 2.85. The minimum absolute atomic E-state index is 0.224. The molecule has 4 rings (SSSR count). The van der Waals surface area contributed by atoms with Gasteiger partial charge < -0.3 is 18.9 Å². The molecule has 4 nitrogen and oxygen atoms in total. The fourth-order valence-corrected chi connectivity index (χ4v) is 4.23. The molecule has 0 saturated heterocycles. The second-order valence-electron chi connectivity index (χ2n) is 7.66. The Morgan fingerprint density at radius 2 is 1.16 bits per heavy atom. The standard InChI is InChI=1S/C27H27IO4/c28-24-19-30-25(20-29-16-21-10-4-1-5-11-21)27(32-18-23-14-8-3-9-15-23)26(24)31-17-22-12-6-2-7-13-22/h1-15,19,25-27H,16-18,20H2/t25-,26-,27+/m1/s1. The lowest BCUT2D eigenvalue weighted by atomic mass is 10.1. The molecule has 0 unspecified atom stereocenters. The molecule has 5 heteroatoms. The Bertz CT molecular complexity index is 963. The maximum Gasteiger partial charge on any atom is 0.150 e. The Morgan fingerprint density at radius 1 is 0.656 bits per heavy atom. The zero-order valence-corrected chi connectivity index (χ0v) is 20.0. The molecule has 3 atom stereocenters. The summed E-state index contributed by atoms with van der Waals surface area (Å²) in [5, 5.41) is 0. The largest absolute Gasteiger partial charge is 0.492 e. The average molecular weight is 542 g/mol. The van der Waals surface area contributed by atoms with E-state index < -0.39 is 0 Å². The summed E-state index contributed by atoms with van der Waals surface area (Å²) in [6.45, 7) is 1.94. The van der Waals surface area contributed by atoms with Crippen molar-refractivity contribution in [3.8, 4) is 0 Å². The van der Waals surface area contributed by atoms with Gasteiger partial charge in [-0.25, -0.2) is 0 Å². The van der Waals surface area contributed by atoms with Gasteiger partial charge >= 0.3 is 0 Å². The molecule has 3 aromatic rings. The molecule has 0 amide bonds. The number of hydrogen-bond donors (Lipinski definition) is 0. The van der Waals surface area contributed by atoms with Gasteiger partial charge in [0.1, 0.15) is 12.2 Å². The van der Waals surface area contributed by atoms with Crippen molar-refractivity contribution >= 4 is 22.6 Å². The Kier molecular flexibility index (Phi) is 8.73. The highest BCUT2D eigenvalue weighted by molar-refractivity contribution is 14.1. The van der Waals surface area contributed by atoms with Crippen LogP contribution in [-0.4, -0.2) is 24.9 Å². The highest BCUT2D eigenvalue weighted by Gasteiger charge is 2.38. The molecule has 1 aliphatic heterocycles. The van der Waals surface area contributed by atoms with E-state index in [1.54, 1.807) is 6.26 Å². The van der Waals surface area contributed by atoms with E-state index in [0.717, 1.165) is 20.3 Å². The van der Waals surface area contributed by atoms with Crippen molar-refractivity contribution in [2.24, 2.45) is 0 Å². The first-order chi connectivity index (χ1) is 15.8. The third kappa shape index (κ3) is 6.65. The van der Waals surface area contributed by atoms with Crippen molar-refractivity contribution in [1.29, 1.82) is 0 Å². The second kappa shape index (κ2) is 12.2. The molecule has 0 radical (unpaired) electrons. The Morgan fingerprint density at radius 3 is 1.72 bits per heavy atom. The molecule has 1 aliphatic rings. The van der Waals surface area contributed by atoms with Crippen molar-refractivity contribution in [3.63, 3.8) is 0 Å². The molecule has 0 spiro atoms. The van der Waals surface area contributed by atoms with Crippen LogP contribution in [0.25, 0.3) is 0 Å². The van der Waals surface area contributed by atoms with Crippen molar-refractivity contribution < 1.29 is 18.9 Å². The fourth-order valence-electron chi connectivity index (χ4n) is 3.55. The summed E-state index contributed by atoms with van der Waals surface area (Å²) in [6, 6.07) is 30.5. The molecule has 0 bridgehead atoms. The van der Waals surface area contributed by atoms with Crippen molar-refractivity contribution in [2.75, 3.05) is 6.61 Å². The Balaban J connectivity index is 1.44. The third-order valence-corrected chi connectivity index (χ3v) is 6.11. The van der Waals surface area contributed by atoms with Crippen molar-refractivity contribution in [1.82, 2.24) is 0 Å². The molecule has 3 aromatic carbocycles. The van der Waals surface area contributed by atoms with Crippen LogP contribution in [0.5, 0.6) is 0 Å². The normalized spacial score (nSPS) is 20.4. The first-order valence-electron chi connectivity index (χ1n) is 10.7. The zero-order chi connectivity index (χ0) is 22.0. The van der Waals surface area contributed by atoms with E-state index in [1.165, 1.54) is 0 Å². The molecule has 0 aliphatic carbocycles. The minimum Gasteiger partial charge on any atom is -0.492 e. The van der Waals surface area contributed by atoms with Gasteiger partial charge in [-0.3, -0.25) is 0 Å². The van der Waals surface area contributed by atoms with Crippen LogP contribution < -0.4 is 0 Å². The van der Waals surface area contributed by atoms with E-state index in [0.29, 0.717) is 26.4 Å². The summed E-state index contributed by atoms with van der Waals surface area (Å²) >= 11 is 2.28. The molecule has 0 N–H and O–H groups in total. The molecule has 32 heavy (non-hydrogen) atoms. The van der Waals surface area contributed by atoms with E-state index in [9.17, 15) is 0 Å². The van der Waals surface area contributed by atoms with Crippen LogP contribution in [0.1, 0.15) is 16.7 Å². The van der Waals surface area contributed by atoms with Crippen LogP contribution in [0.4, 0.5) is 0 Å². The van der Waals surface area contributed by atoms with E-state index >= 15 is 0 Å². The lowest BCUT2D eigenvalue weighted by molar-refractivity contribution is -0.148. The van der Waals surface area contributed by atoms with Gasteiger partial charge in [0.25, 0.3) is 0 Å². The molecular formula is C27H27IO4. The van der Waals surface area contributed by atoms with Gasteiger partial charge in [-0.2, -0.15) is 0 Å². The second-order valence-corrected chi connectivity index (χ2v) is 8.90. The van der Waals surface area contributed by atoms with Crippen LogP contribution in [0, 0.1) is 0 Å². The molecule has 0 fully saturated rings. The first-order valence-corrected chi connectivity index (χ1v) is 11.8. The van der Waals surface area contributed by atoms with E-state index in [1.807, 2.05) is 54.6 Å². The topological polar surface area (TPSA) is 36.9 Å². The maximum absolute atomic E-state index is 6.38. The summed E-state index contributed by atoms with van der Waals surface area (Å²) in [5.41, 5.74) is 3.37. The fraction of sp³-hybridized carbons (Fsp3) is 0.259. The van der Waals surface area contributed by atoms with Crippen molar-refractivity contribution in [2.45, 2.75) is 38.1 Å². The van der Waals surface area contributed by atoms with Gasteiger partial charge in [0.05, 0.1) is 36.3 Å². The minimum atomic E-state index is -0.286. The molecule has 166 valence electrons. The molecule has 0 saturated carbocycles. The van der Waals surface area contributed by atoms with E-state index in [-0.39, 0.29) is 18.3 Å². The summed E-state index contributed by atoms with van der Waals surface area (Å²) in [7, 11) is 0. The zero-order valence-electron chi connectivity index (χ0n) is 17.8. The first kappa shape index (κ1) is 23.0. The number of hydrogen-bond acceptors (Lipinski definition) is 4. The lowest BCUT2D eigenvalue weighted by Gasteiger charge is -2.36. The van der Waals surface area contributed by atoms with E-state index in [2.05, 4.69) is 59.0 Å². The highest BCUT2D eigenvalue weighted by atomic mass is 127. The molecule has 1 heterocycles. The highest BCUT2D eigenvalue weighted by Crippen LogP contribution is 2.30.